The lowest BCUT2D eigenvalue weighted by Crippen LogP contribution is -2.04. The maximum atomic E-state index is 11.3. The molecule has 83 valence electrons. The number of thioether (sulfide) groups is 2. The molecule has 1 amide bonds. The molecular weight excluding hydrogens is 230 g/mol. The van der Waals surface area contributed by atoms with Crippen molar-refractivity contribution in [2.24, 2.45) is 10.1 Å². The van der Waals surface area contributed by atoms with Crippen molar-refractivity contribution in [3.05, 3.63) is 0 Å². The van der Waals surface area contributed by atoms with E-state index in [1.165, 1.54) is 11.8 Å². The summed E-state index contributed by atoms with van der Waals surface area (Å²) in [6.07, 6.45) is 2.40. The van der Waals surface area contributed by atoms with Gasteiger partial charge in [0.2, 0.25) is 11.1 Å². The first-order valence-corrected chi connectivity index (χ1v) is 6.77. The Morgan fingerprint density at radius 3 is 3.00 bits per heavy atom. The fraction of sp³-hybridized carbons (Fsp3) is 0.667. The number of amides is 1. The Bertz CT molecular complexity index is 289. The van der Waals surface area contributed by atoms with Crippen LogP contribution in [-0.4, -0.2) is 21.2 Å². The normalized spacial score (nSPS) is 17.7. The van der Waals surface area contributed by atoms with Crippen LogP contribution in [0.15, 0.2) is 10.1 Å². The summed E-state index contributed by atoms with van der Waals surface area (Å²) in [6.45, 7) is 4.10. The lowest BCUT2D eigenvalue weighted by molar-refractivity contribution is -0.117. The van der Waals surface area contributed by atoms with Gasteiger partial charge in [0.15, 0.2) is 4.38 Å². The molecule has 6 heteroatoms. The van der Waals surface area contributed by atoms with Crippen molar-refractivity contribution in [1.82, 2.24) is 5.43 Å². The first-order chi connectivity index (χ1) is 7.26. The molecule has 0 aliphatic carbocycles. The van der Waals surface area contributed by atoms with Crippen LogP contribution in [0.3, 0.4) is 0 Å². The highest BCUT2D eigenvalue weighted by Crippen LogP contribution is 2.22. The van der Waals surface area contributed by atoms with E-state index in [0.717, 1.165) is 23.0 Å². The Labute approximate surface area is 98.4 Å². The van der Waals surface area contributed by atoms with Gasteiger partial charge in [-0.2, -0.15) is 4.99 Å². The van der Waals surface area contributed by atoms with Crippen LogP contribution in [0.5, 0.6) is 0 Å². The molecule has 0 aromatic heterocycles. The van der Waals surface area contributed by atoms with Gasteiger partial charge in [0.1, 0.15) is 0 Å². The molecule has 0 bridgehead atoms. The number of hydrogen-bond acceptors (Lipinski definition) is 4. The summed E-state index contributed by atoms with van der Waals surface area (Å²) >= 11 is 2.99. The van der Waals surface area contributed by atoms with Crippen molar-refractivity contribution in [2.75, 3.05) is 5.75 Å². The van der Waals surface area contributed by atoms with Crippen LogP contribution >= 0.6 is 23.5 Å². The van der Waals surface area contributed by atoms with E-state index in [1.54, 1.807) is 11.8 Å². The minimum Gasteiger partial charge on any atom is -0.273 e. The number of amidine groups is 1. The number of carbonyl (C=O) groups excluding carboxylic acids is 1. The van der Waals surface area contributed by atoms with Gasteiger partial charge in [-0.1, -0.05) is 32.0 Å². The molecule has 4 nitrogen and oxygen atoms in total. The Balaban J connectivity index is 2.34. The fourth-order valence-electron chi connectivity index (χ4n) is 0.920. The highest BCUT2D eigenvalue weighted by Gasteiger charge is 2.17. The molecule has 0 fully saturated rings. The van der Waals surface area contributed by atoms with Crippen LogP contribution in [0.25, 0.3) is 0 Å². The summed E-state index contributed by atoms with van der Waals surface area (Å²) in [5, 5.41) is 4.40. The fourth-order valence-corrected chi connectivity index (χ4v) is 2.55. The molecule has 1 aliphatic heterocycles. The van der Waals surface area contributed by atoms with Crippen LogP contribution in [0.1, 0.15) is 33.1 Å². The van der Waals surface area contributed by atoms with Crippen molar-refractivity contribution < 1.29 is 4.79 Å². The maximum Gasteiger partial charge on any atom is 0.248 e. The number of unbranched alkanes of at least 4 members (excludes halogenated alkanes) is 1. The Morgan fingerprint density at radius 2 is 2.33 bits per heavy atom. The third-order valence-corrected chi connectivity index (χ3v) is 3.46. The first-order valence-electron chi connectivity index (χ1n) is 4.97. The van der Waals surface area contributed by atoms with Gasteiger partial charge < -0.3 is 0 Å². The topological polar surface area (TPSA) is 55.9 Å². The number of nitrogens with zero attached hydrogens (tertiary/aromatic N) is 3. The highest BCUT2D eigenvalue weighted by molar-refractivity contribution is 8.45. The summed E-state index contributed by atoms with van der Waals surface area (Å²) < 4.78 is 0.875. The molecule has 0 saturated carbocycles. The molecule has 0 aromatic rings. The quantitative estimate of drug-likeness (QED) is 0.763. The van der Waals surface area contributed by atoms with Gasteiger partial charge in [-0.25, -0.2) is 0 Å². The van der Waals surface area contributed by atoms with Crippen molar-refractivity contribution in [2.45, 2.75) is 33.1 Å². The van der Waals surface area contributed by atoms with Gasteiger partial charge in [0.25, 0.3) is 0 Å². The molecule has 15 heavy (non-hydrogen) atoms. The molecule has 1 aliphatic rings. The van der Waals surface area contributed by atoms with Gasteiger partial charge in [0.05, 0.1) is 0 Å². The second kappa shape index (κ2) is 6.90. The molecule has 0 saturated heterocycles. The standard InChI is InChI=1S/C9H14N3OS2/c1-3-5-6-7(13)10-8-11-12-9(15-8)14-4-2/h3-6H2,1-2H3. The molecule has 1 rings (SSSR count). The summed E-state index contributed by atoms with van der Waals surface area (Å²) in [5.74, 6) is 0.861. The van der Waals surface area contributed by atoms with Crippen molar-refractivity contribution >= 4 is 39.0 Å². The van der Waals surface area contributed by atoms with Gasteiger partial charge in [-0.3, -0.25) is 4.79 Å². The van der Waals surface area contributed by atoms with E-state index < -0.39 is 0 Å². The smallest absolute Gasteiger partial charge is 0.248 e. The van der Waals surface area contributed by atoms with Gasteiger partial charge >= 0.3 is 0 Å². The lowest BCUT2D eigenvalue weighted by atomic mass is 10.2. The molecule has 0 spiro atoms. The molecule has 0 N–H and O–H groups in total. The minimum absolute atomic E-state index is 0.0963. The summed E-state index contributed by atoms with van der Waals surface area (Å²) in [7, 11) is 0. The van der Waals surface area contributed by atoms with E-state index in [1.807, 2.05) is 6.92 Å². The van der Waals surface area contributed by atoms with Gasteiger partial charge in [0, 0.05) is 6.42 Å². The average molecular weight is 244 g/mol. The van der Waals surface area contributed by atoms with E-state index in [2.05, 4.69) is 22.4 Å². The average Bonchev–Trinajstić information content (AvgIpc) is 2.63. The Kier molecular flexibility index (Phi) is 5.78. The molecule has 1 radical (unpaired) electrons. The van der Waals surface area contributed by atoms with Gasteiger partial charge in [-0.15, -0.1) is 10.5 Å². The minimum atomic E-state index is -0.0963. The Hall–Kier alpha value is -0.490. The number of carbonyl (C=O) groups is 1. The molecular formula is C9H14N3OS2. The van der Waals surface area contributed by atoms with Crippen molar-refractivity contribution in [3.8, 4) is 0 Å². The molecule has 0 atom stereocenters. The third kappa shape index (κ3) is 4.70. The van der Waals surface area contributed by atoms with E-state index >= 15 is 0 Å². The highest BCUT2D eigenvalue weighted by atomic mass is 32.2. The summed E-state index contributed by atoms with van der Waals surface area (Å²) in [6, 6.07) is 0. The second-order valence-electron chi connectivity index (χ2n) is 2.89. The number of hydrogen-bond donors (Lipinski definition) is 0. The van der Waals surface area contributed by atoms with Crippen LogP contribution < -0.4 is 5.43 Å². The zero-order valence-electron chi connectivity index (χ0n) is 8.89. The predicted molar refractivity (Wildman–Crippen MR) is 67.3 cm³/mol. The van der Waals surface area contributed by atoms with E-state index in [-0.39, 0.29) is 5.91 Å². The number of rotatable bonds is 4. The van der Waals surface area contributed by atoms with E-state index in [0.29, 0.717) is 11.6 Å². The third-order valence-electron chi connectivity index (χ3n) is 1.63. The summed E-state index contributed by atoms with van der Waals surface area (Å²) in [4.78, 5) is 15.2. The first kappa shape index (κ1) is 12.6. The van der Waals surface area contributed by atoms with Crippen molar-refractivity contribution in [3.63, 3.8) is 0 Å². The van der Waals surface area contributed by atoms with Crippen LogP contribution in [-0.2, 0) is 4.79 Å². The lowest BCUT2D eigenvalue weighted by Gasteiger charge is -1.94. The van der Waals surface area contributed by atoms with Crippen LogP contribution in [0.4, 0.5) is 0 Å². The van der Waals surface area contributed by atoms with E-state index in [4.69, 9.17) is 0 Å². The zero-order valence-corrected chi connectivity index (χ0v) is 10.5. The van der Waals surface area contributed by atoms with Crippen LogP contribution in [0.2, 0.25) is 0 Å². The maximum absolute atomic E-state index is 11.3. The number of aliphatic imine (C=N–C) groups is 1. The zero-order chi connectivity index (χ0) is 11.1. The monoisotopic (exact) mass is 244 g/mol. The summed E-state index contributed by atoms with van der Waals surface area (Å²) in [5.41, 5.74) is 3.84. The Morgan fingerprint density at radius 1 is 1.53 bits per heavy atom. The second-order valence-corrected chi connectivity index (χ2v) is 5.36. The predicted octanol–water partition coefficient (Wildman–Crippen LogP) is 2.43. The van der Waals surface area contributed by atoms with Crippen molar-refractivity contribution in [1.29, 1.82) is 0 Å². The van der Waals surface area contributed by atoms with E-state index in [9.17, 15) is 4.79 Å². The van der Waals surface area contributed by atoms with Crippen LogP contribution in [0, 0.1) is 0 Å². The SMILES string of the molecule is CCCCC(=O)N=C1[N]N=C(SCC)S1. The van der Waals surface area contributed by atoms with Gasteiger partial charge in [-0.05, 0) is 23.9 Å². The molecule has 0 unspecified atom stereocenters. The largest absolute Gasteiger partial charge is 0.273 e. The molecule has 1 heterocycles. The molecule has 0 aromatic carbocycles.